The van der Waals surface area contributed by atoms with E-state index < -0.39 is 11.7 Å². The SMILES string of the molecule is CC(Nc1cccc(NC(=O)OC(C)(C)C)c1)c1ccccc1. The van der Waals surface area contributed by atoms with Gasteiger partial charge in [-0.05, 0) is 51.5 Å². The fraction of sp³-hybridized carbons (Fsp3) is 0.316. The van der Waals surface area contributed by atoms with Gasteiger partial charge in [-0.2, -0.15) is 0 Å². The number of ether oxygens (including phenoxy) is 1. The number of hydrogen-bond donors (Lipinski definition) is 2. The van der Waals surface area contributed by atoms with Gasteiger partial charge in [0.1, 0.15) is 5.60 Å². The maximum Gasteiger partial charge on any atom is 0.412 e. The summed E-state index contributed by atoms with van der Waals surface area (Å²) in [6, 6.07) is 18.0. The Bertz CT molecular complexity index is 648. The molecule has 2 N–H and O–H groups in total. The summed E-state index contributed by atoms with van der Waals surface area (Å²) in [7, 11) is 0. The van der Waals surface area contributed by atoms with E-state index in [1.807, 2.05) is 63.2 Å². The highest BCUT2D eigenvalue weighted by atomic mass is 16.6. The van der Waals surface area contributed by atoms with Gasteiger partial charge >= 0.3 is 6.09 Å². The van der Waals surface area contributed by atoms with Gasteiger partial charge in [0.05, 0.1) is 0 Å². The van der Waals surface area contributed by atoms with Crippen LogP contribution < -0.4 is 10.6 Å². The maximum absolute atomic E-state index is 11.8. The Morgan fingerprint density at radius 2 is 1.65 bits per heavy atom. The van der Waals surface area contributed by atoms with Crippen molar-refractivity contribution < 1.29 is 9.53 Å². The second-order valence-electron chi connectivity index (χ2n) is 6.48. The first-order valence-electron chi connectivity index (χ1n) is 7.75. The van der Waals surface area contributed by atoms with Gasteiger partial charge in [0.25, 0.3) is 0 Å². The largest absolute Gasteiger partial charge is 0.444 e. The van der Waals surface area contributed by atoms with Crippen molar-refractivity contribution in [3.63, 3.8) is 0 Å². The Balaban J connectivity index is 2.01. The molecule has 0 bridgehead atoms. The molecule has 23 heavy (non-hydrogen) atoms. The molecule has 0 aliphatic rings. The molecule has 0 radical (unpaired) electrons. The molecule has 0 aliphatic heterocycles. The summed E-state index contributed by atoms with van der Waals surface area (Å²) in [6.45, 7) is 7.62. The lowest BCUT2D eigenvalue weighted by Gasteiger charge is -2.20. The van der Waals surface area contributed by atoms with Crippen LogP contribution in [0.15, 0.2) is 54.6 Å². The molecule has 0 fully saturated rings. The Morgan fingerprint density at radius 1 is 1.00 bits per heavy atom. The quantitative estimate of drug-likeness (QED) is 0.815. The van der Waals surface area contributed by atoms with E-state index in [0.29, 0.717) is 5.69 Å². The molecule has 1 amide bonds. The summed E-state index contributed by atoms with van der Waals surface area (Å²) in [5.41, 5.74) is 2.33. The smallest absolute Gasteiger partial charge is 0.412 e. The third-order valence-electron chi connectivity index (χ3n) is 3.19. The summed E-state index contributed by atoms with van der Waals surface area (Å²) in [4.78, 5) is 11.8. The van der Waals surface area contributed by atoms with E-state index >= 15 is 0 Å². The molecule has 122 valence electrons. The van der Waals surface area contributed by atoms with Crippen LogP contribution >= 0.6 is 0 Å². The molecule has 0 heterocycles. The number of nitrogens with one attached hydrogen (secondary N) is 2. The van der Waals surface area contributed by atoms with Crippen LogP contribution in [0.2, 0.25) is 0 Å². The highest BCUT2D eigenvalue weighted by Crippen LogP contribution is 2.22. The predicted octanol–water partition coefficient (Wildman–Crippen LogP) is 5.21. The average Bonchev–Trinajstić information content (AvgIpc) is 2.46. The Morgan fingerprint density at radius 3 is 2.30 bits per heavy atom. The second kappa shape index (κ2) is 7.18. The van der Waals surface area contributed by atoms with Crippen molar-refractivity contribution in [3.05, 3.63) is 60.2 Å². The third kappa shape index (κ3) is 5.66. The first kappa shape index (κ1) is 16.9. The highest BCUT2D eigenvalue weighted by molar-refractivity contribution is 5.85. The molecule has 0 saturated carbocycles. The lowest BCUT2D eigenvalue weighted by Crippen LogP contribution is -2.27. The van der Waals surface area contributed by atoms with Crippen molar-refractivity contribution in [2.45, 2.75) is 39.3 Å². The van der Waals surface area contributed by atoms with Crippen molar-refractivity contribution in [1.82, 2.24) is 0 Å². The van der Waals surface area contributed by atoms with Crippen molar-refractivity contribution in [1.29, 1.82) is 0 Å². The lowest BCUT2D eigenvalue weighted by atomic mass is 10.1. The number of amides is 1. The van der Waals surface area contributed by atoms with E-state index in [9.17, 15) is 4.79 Å². The van der Waals surface area contributed by atoms with Gasteiger partial charge in [-0.15, -0.1) is 0 Å². The molecule has 2 aromatic carbocycles. The van der Waals surface area contributed by atoms with Crippen molar-refractivity contribution in [2.24, 2.45) is 0 Å². The number of carbonyl (C=O) groups is 1. The zero-order chi connectivity index (χ0) is 16.9. The van der Waals surface area contributed by atoms with Crippen LogP contribution in [0, 0.1) is 0 Å². The summed E-state index contributed by atoms with van der Waals surface area (Å²) < 4.78 is 5.26. The number of rotatable bonds is 4. The number of hydrogen-bond acceptors (Lipinski definition) is 3. The van der Waals surface area contributed by atoms with Gasteiger partial charge in [-0.3, -0.25) is 5.32 Å². The van der Waals surface area contributed by atoms with Gasteiger partial charge in [0.2, 0.25) is 0 Å². The van der Waals surface area contributed by atoms with E-state index in [1.165, 1.54) is 5.56 Å². The van der Waals surface area contributed by atoms with Crippen LogP contribution in [-0.2, 0) is 4.74 Å². The van der Waals surface area contributed by atoms with Crippen LogP contribution in [0.25, 0.3) is 0 Å². The third-order valence-corrected chi connectivity index (χ3v) is 3.19. The summed E-state index contributed by atoms with van der Waals surface area (Å²) in [6.07, 6.45) is -0.453. The molecule has 0 spiro atoms. The van der Waals surface area contributed by atoms with Crippen molar-refractivity contribution in [2.75, 3.05) is 10.6 Å². The minimum Gasteiger partial charge on any atom is -0.444 e. The van der Waals surface area contributed by atoms with E-state index in [-0.39, 0.29) is 6.04 Å². The normalized spacial score (nSPS) is 12.3. The lowest BCUT2D eigenvalue weighted by molar-refractivity contribution is 0.0636. The van der Waals surface area contributed by atoms with E-state index in [4.69, 9.17) is 4.74 Å². The van der Waals surface area contributed by atoms with Crippen molar-refractivity contribution in [3.8, 4) is 0 Å². The maximum atomic E-state index is 11.8. The Hall–Kier alpha value is -2.49. The fourth-order valence-corrected chi connectivity index (χ4v) is 2.18. The minimum absolute atomic E-state index is 0.174. The predicted molar refractivity (Wildman–Crippen MR) is 94.8 cm³/mol. The van der Waals surface area contributed by atoms with Crippen LogP contribution in [0.1, 0.15) is 39.3 Å². The van der Waals surface area contributed by atoms with Crippen LogP contribution in [-0.4, -0.2) is 11.7 Å². The Kier molecular flexibility index (Phi) is 5.27. The fourth-order valence-electron chi connectivity index (χ4n) is 2.18. The molecule has 0 aliphatic carbocycles. The molecular weight excluding hydrogens is 288 g/mol. The van der Waals surface area contributed by atoms with Crippen LogP contribution in [0.4, 0.5) is 16.2 Å². The monoisotopic (exact) mass is 312 g/mol. The molecule has 2 aromatic rings. The van der Waals surface area contributed by atoms with Gasteiger partial charge in [-0.25, -0.2) is 4.79 Å². The average molecular weight is 312 g/mol. The number of carbonyl (C=O) groups excluding carboxylic acids is 1. The highest BCUT2D eigenvalue weighted by Gasteiger charge is 2.16. The van der Waals surface area contributed by atoms with Gasteiger partial charge in [0.15, 0.2) is 0 Å². The zero-order valence-corrected chi connectivity index (χ0v) is 14.1. The first-order chi connectivity index (χ1) is 10.8. The second-order valence-corrected chi connectivity index (χ2v) is 6.48. The molecule has 2 rings (SSSR count). The first-order valence-corrected chi connectivity index (χ1v) is 7.75. The number of anilines is 2. The van der Waals surface area contributed by atoms with E-state index in [1.54, 1.807) is 0 Å². The standard InChI is InChI=1S/C19H24N2O2/c1-14(15-9-6-5-7-10-15)20-16-11-8-12-17(13-16)21-18(22)23-19(2,3)4/h5-14,20H,1-4H3,(H,21,22). The topological polar surface area (TPSA) is 50.4 Å². The van der Waals surface area contributed by atoms with E-state index in [0.717, 1.165) is 5.69 Å². The van der Waals surface area contributed by atoms with Crippen molar-refractivity contribution >= 4 is 17.5 Å². The Labute approximate surface area is 137 Å². The van der Waals surface area contributed by atoms with E-state index in [2.05, 4.69) is 29.7 Å². The molecular formula is C19H24N2O2. The molecule has 0 saturated heterocycles. The summed E-state index contributed by atoms with van der Waals surface area (Å²) >= 11 is 0. The molecule has 4 heteroatoms. The molecule has 1 unspecified atom stereocenters. The van der Waals surface area contributed by atoms with Crippen LogP contribution in [0.5, 0.6) is 0 Å². The van der Waals surface area contributed by atoms with Gasteiger partial charge in [-0.1, -0.05) is 36.4 Å². The molecule has 1 atom stereocenters. The van der Waals surface area contributed by atoms with Crippen LogP contribution in [0.3, 0.4) is 0 Å². The van der Waals surface area contributed by atoms with Gasteiger partial charge in [0, 0.05) is 17.4 Å². The van der Waals surface area contributed by atoms with Gasteiger partial charge < -0.3 is 10.1 Å². The number of benzene rings is 2. The molecule has 0 aromatic heterocycles. The summed E-state index contributed by atoms with van der Waals surface area (Å²) in [5, 5.41) is 6.18. The minimum atomic E-state index is -0.512. The molecule has 4 nitrogen and oxygen atoms in total. The zero-order valence-electron chi connectivity index (χ0n) is 14.1. The summed E-state index contributed by atoms with van der Waals surface area (Å²) in [5.74, 6) is 0.